The van der Waals surface area contributed by atoms with E-state index in [4.69, 9.17) is 26.2 Å². The monoisotopic (exact) mass is 440 g/mol. The van der Waals surface area contributed by atoms with E-state index in [1.165, 1.54) is 0 Å². The summed E-state index contributed by atoms with van der Waals surface area (Å²) in [5.74, 6) is 11.3. The van der Waals surface area contributed by atoms with Crippen LogP contribution >= 0.6 is 0 Å². The van der Waals surface area contributed by atoms with Crippen LogP contribution in [0.2, 0.25) is 0 Å². The summed E-state index contributed by atoms with van der Waals surface area (Å²) in [7, 11) is 0. The minimum absolute atomic E-state index is 0.271. The molecule has 4 aromatic carbocycles. The zero-order chi connectivity index (χ0) is 22.9. The number of hydrogen-bond donors (Lipinski definition) is 2. The molecule has 1 unspecified atom stereocenters. The lowest BCUT2D eigenvalue weighted by atomic mass is 9.89. The highest BCUT2D eigenvalue weighted by Crippen LogP contribution is 2.37. The number of hydrogen-bond acceptors (Lipinski definition) is 5. The summed E-state index contributed by atoms with van der Waals surface area (Å²) >= 11 is 0. The van der Waals surface area contributed by atoms with Gasteiger partial charge in [0.2, 0.25) is 0 Å². The highest BCUT2D eigenvalue weighted by atomic mass is 16.6. The van der Waals surface area contributed by atoms with Crippen molar-refractivity contribution in [1.82, 2.24) is 0 Å². The standard InChI is InChI=1S/C28H28N2O3/c29-32-19-27-23(22-12-5-2-6-13-22)16-9-17-25(27)24-14-7-8-15-26(24)28(33-30)20-31-18-21-10-3-1-4-11-21/h1-17,28H,18-20,29-30H2. The van der Waals surface area contributed by atoms with Crippen LogP contribution in [0, 0.1) is 0 Å². The Balaban J connectivity index is 1.67. The van der Waals surface area contributed by atoms with Crippen molar-refractivity contribution in [2.24, 2.45) is 11.8 Å². The fraction of sp³-hybridized carbons (Fsp3) is 0.143. The van der Waals surface area contributed by atoms with Crippen LogP contribution in [-0.2, 0) is 27.6 Å². The van der Waals surface area contributed by atoms with E-state index in [2.05, 4.69) is 30.3 Å². The Hall–Kier alpha value is -3.32. The summed E-state index contributed by atoms with van der Waals surface area (Å²) < 4.78 is 5.94. The number of rotatable bonds is 10. The molecule has 0 saturated carbocycles. The number of benzene rings is 4. The fourth-order valence-electron chi connectivity index (χ4n) is 4.05. The zero-order valence-corrected chi connectivity index (χ0v) is 18.4. The molecule has 4 aromatic rings. The van der Waals surface area contributed by atoms with Crippen molar-refractivity contribution in [1.29, 1.82) is 0 Å². The van der Waals surface area contributed by atoms with Crippen LogP contribution in [0.5, 0.6) is 0 Å². The lowest BCUT2D eigenvalue weighted by Crippen LogP contribution is -2.17. The van der Waals surface area contributed by atoms with Crippen molar-refractivity contribution in [3.8, 4) is 22.3 Å². The van der Waals surface area contributed by atoms with Crippen molar-refractivity contribution < 1.29 is 14.4 Å². The molecule has 0 radical (unpaired) electrons. The molecule has 5 heteroatoms. The first-order valence-electron chi connectivity index (χ1n) is 10.9. The average molecular weight is 441 g/mol. The van der Waals surface area contributed by atoms with Crippen LogP contribution in [0.25, 0.3) is 22.3 Å². The first-order valence-corrected chi connectivity index (χ1v) is 10.9. The van der Waals surface area contributed by atoms with Gasteiger partial charge in [-0.1, -0.05) is 103 Å². The smallest absolute Gasteiger partial charge is 0.128 e. The van der Waals surface area contributed by atoms with Crippen LogP contribution < -0.4 is 11.8 Å². The topological polar surface area (TPSA) is 79.7 Å². The van der Waals surface area contributed by atoms with E-state index in [-0.39, 0.29) is 6.61 Å². The molecule has 0 fully saturated rings. The molecular weight excluding hydrogens is 412 g/mol. The van der Waals surface area contributed by atoms with Gasteiger partial charge in [-0.3, -0.25) is 9.68 Å². The normalized spacial score (nSPS) is 11.9. The van der Waals surface area contributed by atoms with Crippen LogP contribution in [0.1, 0.15) is 22.8 Å². The van der Waals surface area contributed by atoms with Crippen molar-refractivity contribution in [2.45, 2.75) is 19.3 Å². The van der Waals surface area contributed by atoms with Crippen LogP contribution in [0.3, 0.4) is 0 Å². The first-order chi connectivity index (χ1) is 16.3. The maximum absolute atomic E-state index is 5.94. The van der Waals surface area contributed by atoms with Gasteiger partial charge >= 0.3 is 0 Å². The third-order valence-corrected chi connectivity index (χ3v) is 5.63. The molecule has 0 bridgehead atoms. The minimum Gasteiger partial charge on any atom is -0.374 e. The molecule has 33 heavy (non-hydrogen) atoms. The van der Waals surface area contributed by atoms with Gasteiger partial charge in [-0.25, -0.2) is 11.8 Å². The van der Waals surface area contributed by atoms with Crippen molar-refractivity contribution >= 4 is 0 Å². The van der Waals surface area contributed by atoms with Gasteiger partial charge in [-0.15, -0.1) is 0 Å². The van der Waals surface area contributed by atoms with Gasteiger partial charge in [0.25, 0.3) is 0 Å². The molecule has 0 aliphatic rings. The number of nitrogens with two attached hydrogens (primary N) is 2. The first kappa shape index (κ1) is 22.9. The predicted octanol–water partition coefficient (Wildman–Crippen LogP) is 5.56. The summed E-state index contributed by atoms with van der Waals surface area (Å²) in [6.45, 7) is 1.08. The molecule has 0 aromatic heterocycles. The summed E-state index contributed by atoms with van der Waals surface area (Å²) in [4.78, 5) is 10.5. The third kappa shape index (κ3) is 5.54. The maximum Gasteiger partial charge on any atom is 0.128 e. The Bertz CT molecular complexity index is 1150. The largest absolute Gasteiger partial charge is 0.374 e. The highest BCUT2D eigenvalue weighted by molar-refractivity contribution is 5.80. The van der Waals surface area contributed by atoms with Gasteiger partial charge in [-0.05, 0) is 38.9 Å². The lowest BCUT2D eigenvalue weighted by molar-refractivity contribution is -0.0243. The zero-order valence-electron chi connectivity index (χ0n) is 18.4. The molecule has 0 saturated heterocycles. The van der Waals surface area contributed by atoms with E-state index < -0.39 is 6.10 Å². The van der Waals surface area contributed by atoms with Gasteiger partial charge in [-0.2, -0.15) is 0 Å². The summed E-state index contributed by atoms with van der Waals surface area (Å²) in [5.41, 5.74) is 7.22. The minimum atomic E-state index is -0.433. The molecule has 0 spiro atoms. The third-order valence-electron chi connectivity index (χ3n) is 5.63. The average Bonchev–Trinajstić information content (AvgIpc) is 2.88. The van der Waals surface area contributed by atoms with Crippen LogP contribution in [0.15, 0.2) is 103 Å². The molecule has 4 rings (SSSR count). The van der Waals surface area contributed by atoms with E-state index in [9.17, 15) is 0 Å². The SMILES string of the molecule is NOCc1c(-c2ccccc2)cccc1-c1ccccc1C(COCc1ccccc1)ON. The van der Waals surface area contributed by atoms with Gasteiger partial charge in [0.05, 0.1) is 19.8 Å². The Labute approximate surface area is 194 Å². The summed E-state index contributed by atoms with van der Waals surface area (Å²) in [6, 6.07) is 34.5. The summed E-state index contributed by atoms with van der Waals surface area (Å²) in [5, 5.41) is 0. The molecule has 0 heterocycles. The quantitative estimate of drug-likeness (QED) is 0.316. The van der Waals surface area contributed by atoms with E-state index in [0.29, 0.717) is 13.2 Å². The second-order valence-corrected chi connectivity index (χ2v) is 7.72. The molecule has 0 aliphatic heterocycles. The fourth-order valence-corrected chi connectivity index (χ4v) is 4.05. The molecule has 0 amide bonds. The van der Waals surface area contributed by atoms with E-state index in [1.807, 2.05) is 72.8 Å². The lowest BCUT2D eigenvalue weighted by Gasteiger charge is -2.21. The summed E-state index contributed by atoms with van der Waals surface area (Å²) in [6.07, 6.45) is -0.433. The molecule has 1 atom stereocenters. The second kappa shape index (κ2) is 11.5. The Morgan fingerprint density at radius 2 is 1.24 bits per heavy atom. The second-order valence-electron chi connectivity index (χ2n) is 7.72. The van der Waals surface area contributed by atoms with Gasteiger partial charge in [0, 0.05) is 0 Å². The van der Waals surface area contributed by atoms with E-state index in [0.717, 1.165) is 38.9 Å². The predicted molar refractivity (Wildman–Crippen MR) is 130 cm³/mol. The van der Waals surface area contributed by atoms with Gasteiger partial charge < -0.3 is 4.74 Å². The Morgan fingerprint density at radius 1 is 0.606 bits per heavy atom. The molecule has 0 aliphatic carbocycles. The Morgan fingerprint density at radius 3 is 1.97 bits per heavy atom. The number of ether oxygens (including phenoxy) is 1. The molecule has 4 N–H and O–H groups in total. The van der Waals surface area contributed by atoms with Crippen molar-refractivity contribution in [3.63, 3.8) is 0 Å². The Kier molecular flexibility index (Phi) is 7.98. The highest BCUT2D eigenvalue weighted by Gasteiger charge is 2.20. The van der Waals surface area contributed by atoms with Gasteiger partial charge in [0.1, 0.15) is 6.10 Å². The molecule has 5 nitrogen and oxygen atoms in total. The van der Waals surface area contributed by atoms with Crippen molar-refractivity contribution in [3.05, 3.63) is 120 Å². The van der Waals surface area contributed by atoms with Crippen molar-refractivity contribution in [2.75, 3.05) is 6.61 Å². The molecule has 168 valence electrons. The molecular formula is C28H28N2O3. The van der Waals surface area contributed by atoms with Crippen LogP contribution in [-0.4, -0.2) is 6.61 Å². The van der Waals surface area contributed by atoms with E-state index >= 15 is 0 Å². The van der Waals surface area contributed by atoms with Crippen LogP contribution in [0.4, 0.5) is 0 Å². The maximum atomic E-state index is 5.94. The van der Waals surface area contributed by atoms with Gasteiger partial charge in [0.15, 0.2) is 0 Å². The van der Waals surface area contributed by atoms with E-state index in [1.54, 1.807) is 0 Å².